The maximum absolute atomic E-state index is 12.1. The van der Waals surface area contributed by atoms with Crippen LogP contribution in [0.25, 0.3) is 10.8 Å². The lowest BCUT2D eigenvalue weighted by Gasteiger charge is -2.04. The lowest BCUT2D eigenvalue weighted by Crippen LogP contribution is -2.23. The second-order valence-corrected chi connectivity index (χ2v) is 6.08. The molecule has 0 aliphatic heterocycles. The van der Waals surface area contributed by atoms with Gasteiger partial charge in [-0.05, 0) is 29.6 Å². The molecule has 1 N–H and O–H groups in total. The molecule has 3 aromatic rings. The molecule has 1 amide bonds. The van der Waals surface area contributed by atoms with E-state index in [1.54, 1.807) is 12.1 Å². The summed E-state index contributed by atoms with van der Waals surface area (Å²) >= 11 is 13.3. The zero-order chi connectivity index (χ0) is 15.5. The highest BCUT2D eigenvalue weighted by Crippen LogP contribution is 2.23. The van der Waals surface area contributed by atoms with Crippen LogP contribution in [0.3, 0.4) is 0 Å². The molecule has 0 aliphatic carbocycles. The Morgan fingerprint density at radius 1 is 1.27 bits per heavy atom. The normalized spacial score (nSPS) is 10.6. The summed E-state index contributed by atoms with van der Waals surface area (Å²) in [5, 5.41) is 13.2. The number of nitrogens with one attached hydrogen (secondary N) is 1. The Labute approximate surface area is 139 Å². The van der Waals surface area contributed by atoms with Gasteiger partial charge in [0, 0.05) is 5.02 Å². The average molecular weight is 354 g/mol. The standard InChI is InChI=1S/C14H9Cl2N3O2S/c15-8-3-4-9(10(16)6-8)13(20)17-7-12-18-19-14(21-12)11-2-1-5-22-11/h1-6H,7H2,(H,17,20). The molecule has 0 saturated heterocycles. The number of amides is 1. The Bertz CT molecular complexity index is 802. The van der Waals surface area contributed by atoms with E-state index in [1.807, 2.05) is 17.5 Å². The summed E-state index contributed by atoms with van der Waals surface area (Å²) in [7, 11) is 0. The van der Waals surface area contributed by atoms with E-state index in [0.29, 0.717) is 22.4 Å². The number of hydrogen-bond acceptors (Lipinski definition) is 5. The van der Waals surface area contributed by atoms with Crippen molar-refractivity contribution in [2.24, 2.45) is 0 Å². The number of hydrogen-bond donors (Lipinski definition) is 1. The third-order valence-corrected chi connectivity index (χ3v) is 4.18. The molecule has 0 spiro atoms. The van der Waals surface area contributed by atoms with Gasteiger partial charge in [-0.3, -0.25) is 4.79 Å². The summed E-state index contributed by atoms with van der Waals surface area (Å²) in [6.07, 6.45) is 0. The van der Waals surface area contributed by atoms with E-state index in [2.05, 4.69) is 15.5 Å². The van der Waals surface area contributed by atoms with Crippen LogP contribution in [0, 0.1) is 0 Å². The molecule has 5 nitrogen and oxygen atoms in total. The smallest absolute Gasteiger partial charge is 0.257 e. The van der Waals surface area contributed by atoms with Crippen LogP contribution in [0.5, 0.6) is 0 Å². The molecule has 0 atom stereocenters. The Balaban J connectivity index is 1.66. The maximum Gasteiger partial charge on any atom is 0.257 e. The Morgan fingerprint density at radius 3 is 2.86 bits per heavy atom. The predicted octanol–water partition coefficient (Wildman–Crippen LogP) is 4.03. The van der Waals surface area contributed by atoms with Crippen molar-refractivity contribution in [3.05, 3.63) is 57.2 Å². The van der Waals surface area contributed by atoms with E-state index in [9.17, 15) is 4.79 Å². The molecule has 1 aromatic carbocycles. The first-order valence-corrected chi connectivity index (χ1v) is 7.86. The lowest BCUT2D eigenvalue weighted by molar-refractivity contribution is 0.0947. The molecule has 0 radical (unpaired) electrons. The number of halogens is 2. The molecule has 0 fully saturated rings. The highest BCUT2D eigenvalue weighted by Gasteiger charge is 2.13. The molecule has 3 rings (SSSR count). The summed E-state index contributed by atoms with van der Waals surface area (Å²) < 4.78 is 5.48. The highest BCUT2D eigenvalue weighted by molar-refractivity contribution is 7.13. The lowest BCUT2D eigenvalue weighted by atomic mass is 10.2. The van der Waals surface area contributed by atoms with Crippen LogP contribution in [-0.4, -0.2) is 16.1 Å². The van der Waals surface area contributed by atoms with Crippen LogP contribution in [0.2, 0.25) is 10.0 Å². The van der Waals surface area contributed by atoms with Crippen molar-refractivity contribution in [1.29, 1.82) is 0 Å². The highest BCUT2D eigenvalue weighted by atomic mass is 35.5. The van der Waals surface area contributed by atoms with Gasteiger partial charge >= 0.3 is 0 Å². The number of rotatable bonds is 4. The van der Waals surface area contributed by atoms with Crippen molar-refractivity contribution in [3.8, 4) is 10.8 Å². The summed E-state index contributed by atoms with van der Waals surface area (Å²) in [4.78, 5) is 12.9. The van der Waals surface area contributed by atoms with Crippen molar-refractivity contribution >= 4 is 40.4 Å². The second kappa shape index (κ2) is 6.48. The third-order valence-electron chi connectivity index (χ3n) is 2.77. The van der Waals surface area contributed by atoms with Gasteiger partial charge < -0.3 is 9.73 Å². The van der Waals surface area contributed by atoms with Gasteiger partial charge in [0.2, 0.25) is 5.89 Å². The van der Waals surface area contributed by atoms with Crippen molar-refractivity contribution < 1.29 is 9.21 Å². The molecule has 112 valence electrons. The van der Waals surface area contributed by atoms with Crippen LogP contribution in [0.4, 0.5) is 0 Å². The number of aromatic nitrogens is 2. The topological polar surface area (TPSA) is 68.0 Å². The third kappa shape index (κ3) is 3.30. The van der Waals surface area contributed by atoms with Gasteiger partial charge in [0.15, 0.2) is 0 Å². The predicted molar refractivity (Wildman–Crippen MR) is 85.2 cm³/mol. The zero-order valence-corrected chi connectivity index (χ0v) is 13.4. The van der Waals surface area contributed by atoms with Crippen LogP contribution < -0.4 is 5.32 Å². The summed E-state index contributed by atoms with van der Waals surface area (Å²) in [6, 6.07) is 8.46. The van der Waals surface area contributed by atoms with E-state index in [4.69, 9.17) is 27.6 Å². The zero-order valence-electron chi connectivity index (χ0n) is 11.0. The molecule has 0 bridgehead atoms. The summed E-state index contributed by atoms with van der Waals surface area (Å²) in [6.45, 7) is 0.121. The SMILES string of the molecule is O=C(NCc1nnc(-c2cccs2)o1)c1ccc(Cl)cc1Cl. The molecular formula is C14H9Cl2N3O2S. The van der Waals surface area contributed by atoms with E-state index in [-0.39, 0.29) is 17.5 Å². The van der Waals surface area contributed by atoms with Gasteiger partial charge in [0.25, 0.3) is 11.8 Å². The van der Waals surface area contributed by atoms with Gasteiger partial charge in [-0.1, -0.05) is 29.3 Å². The quantitative estimate of drug-likeness (QED) is 0.768. The first-order chi connectivity index (χ1) is 10.6. The number of benzene rings is 1. The first kappa shape index (κ1) is 15.0. The molecule has 22 heavy (non-hydrogen) atoms. The first-order valence-electron chi connectivity index (χ1n) is 6.23. The van der Waals surface area contributed by atoms with E-state index in [0.717, 1.165) is 4.88 Å². The number of thiophene rings is 1. The maximum atomic E-state index is 12.1. The minimum absolute atomic E-state index is 0.121. The monoisotopic (exact) mass is 353 g/mol. The molecule has 8 heteroatoms. The fraction of sp³-hybridized carbons (Fsp3) is 0.0714. The molecule has 0 saturated carbocycles. The minimum atomic E-state index is -0.336. The second-order valence-electron chi connectivity index (χ2n) is 4.29. The van der Waals surface area contributed by atoms with Gasteiger partial charge in [0.1, 0.15) is 0 Å². The van der Waals surface area contributed by atoms with E-state index >= 15 is 0 Å². The van der Waals surface area contributed by atoms with Gasteiger partial charge in [-0.15, -0.1) is 21.5 Å². The Morgan fingerprint density at radius 2 is 2.14 bits per heavy atom. The van der Waals surface area contributed by atoms with Crippen molar-refractivity contribution in [3.63, 3.8) is 0 Å². The fourth-order valence-corrected chi connectivity index (χ4v) is 2.89. The Kier molecular flexibility index (Phi) is 4.42. The van der Waals surface area contributed by atoms with Crippen molar-refractivity contribution in [1.82, 2.24) is 15.5 Å². The largest absolute Gasteiger partial charge is 0.418 e. The van der Waals surface area contributed by atoms with Crippen molar-refractivity contribution in [2.75, 3.05) is 0 Å². The summed E-state index contributed by atoms with van der Waals surface area (Å²) in [5.41, 5.74) is 0.337. The number of carbonyl (C=O) groups is 1. The number of carbonyl (C=O) groups excluding carboxylic acids is 1. The van der Waals surface area contributed by atoms with Gasteiger partial charge in [-0.2, -0.15) is 0 Å². The van der Waals surface area contributed by atoms with Crippen LogP contribution >= 0.6 is 34.5 Å². The van der Waals surface area contributed by atoms with Crippen LogP contribution in [-0.2, 0) is 6.54 Å². The fourth-order valence-electron chi connectivity index (χ4n) is 1.75. The molecule has 2 aromatic heterocycles. The Hall–Kier alpha value is -1.89. The molecular weight excluding hydrogens is 345 g/mol. The van der Waals surface area contributed by atoms with Gasteiger partial charge in [0.05, 0.1) is 22.0 Å². The van der Waals surface area contributed by atoms with E-state index in [1.165, 1.54) is 17.4 Å². The average Bonchev–Trinajstić information content (AvgIpc) is 3.16. The number of nitrogens with zero attached hydrogens (tertiary/aromatic N) is 2. The minimum Gasteiger partial charge on any atom is -0.418 e. The van der Waals surface area contributed by atoms with Crippen LogP contribution in [0.1, 0.15) is 16.2 Å². The van der Waals surface area contributed by atoms with Crippen LogP contribution in [0.15, 0.2) is 40.1 Å². The molecule has 2 heterocycles. The van der Waals surface area contributed by atoms with Crippen molar-refractivity contribution in [2.45, 2.75) is 6.54 Å². The molecule has 0 aliphatic rings. The molecule has 0 unspecified atom stereocenters. The summed E-state index contributed by atoms with van der Waals surface area (Å²) in [5.74, 6) is 0.420. The van der Waals surface area contributed by atoms with E-state index < -0.39 is 0 Å². The van der Waals surface area contributed by atoms with Gasteiger partial charge in [-0.25, -0.2) is 0 Å².